The molecule has 0 aromatic heterocycles. The fraction of sp³-hybridized carbons (Fsp3) is 0.618. The van der Waals surface area contributed by atoms with Crippen LogP contribution in [0.25, 0.3) is 5.57 Å². The standard InChI is InChI=1S/C34H48O7/c1-8-19(2)32-24(7)30(36)18-34(41-32)17-26-15-25(40-34)13-12-22(5)31(37)21(4)11-9-10-20(3)27-16-29(35)23(6)14-28(27)33(38)39-26/h9-12,14,16,19,21,24-26,30-32,35-37H,8,13,15,17-18H2,1-7H3/b11-9+,20-10+,22-12+/t19?,21-,24-,25+,26-,30-,31-,32+,34-/m0/s1. The highest BCUT2D eigenvalue weighted by molar-refractivity contribution is 5.96. The van der Waals surface area contributed by atoms with Crippen LogP contribution in [0.3, 0.4) is 0 Å². The second kappa shape index (κ2) is 12.8. The first-order chi connectivity index (χ1) is 19.3. The van der Waals surface area contributed by atoms with Gasteiger partial charge in [0.1, 0.15) is 11.9 Å². The summed E-state index contributed by atoms with van der Waals surface area (Å²) >= 11 is 0. The van der Waals surface area contributed by atoms with Crippen molar-refractivity contribution in [2.24, 2.45) is 17.8 Å². The Labute approximate surface area is 244 Å². The van der Waals surface area contributed by atoms with Gasteiger partial charge in [-0.1, -0.05) is 58.4 Å². The second-order valence-electron chi connectivity index (χ2n) is 12.6. The first kappa shape index (κ1) is 31.5. The van der Waals surface area contributed by atoms with Gasteiger partial charge in [-0.3, -0.25) is 0 Å². The number of aryl methyl sites for hydroxylation is 1. The Kier molecular flexibility index (Phi) is 9.85. The first-order valence-electron chi connectivity index (χ1n) is 15.1. The van der Waals surface area contributed by atoms with Crippen molar-refractivity contribution in [1.82, 2.24) is 0 Å². The van der Waals surface area contributed by atoms with Crippen LogP contribution in [0.5, 0.6) is 5.75 Å². The predicted molar refractivity (Wildman–Crippen MR) is 159 cm³/mol. The van der Waals surface area contributed by atoms with Gasteiger partial charge >= 0.3 is 5.97 Å². The maximum atomic E-state index is 13.7. The van der Waals surface area contributed by atoms with Gasteiger partial charge in [0.05, 0.1) is 30.0 Å². The van der Waals surface area contributed by atoms with Crippen molar-refractivity contribution >= 4 is 11.5 Å². The van der Waals surface area contributed by atoms with E-state index in [4.69, 9.17) is 14.2 Å². The maximum Gasteiger partial charge on any atom is 0.339 e. The lowest BCUT2D eigenvalue weighted by Crippen LogP contribution is -2.59. The van der Waals surface area contributed by atoms with Gasteiger partial charge in [0.2, 0.25) is 0 Å². The molecule has 41 heavy (non-hydrogen) atoms. The summed E-state index contributed by atoms with van der Waals surface area (Å²) < 4.78 is 19.6. The molecule has 3 N–H and O–H groups in total. The fourth-order valence-corrected chi connectivity index (χ4v) is 6.39. The number of aliphatic hydroxyl groups is 2. The number of aliphatic hydroxyl groups excluding tert-OH is 2. The maximum absolute atomic E-state index is 13.7. The van der Waals surface area contributed by atoms with Crippen LogP contribution in [0.1, 0.15) is 95.1 Å². The van der Waals surface area contributed by atoms with Crippen molar-refractivity contribution in [1.29, 1.82) is 0 Å². The number of hydrogen-bond acceptors (Lipinski definition) is 7. The smallest absolute Gasteiger partial charge is 0.339 e. The van der Waals surface area contributed by atoms with Crippen molar-refractivity contribution in [2.75, 3.05) is 0 Å². The highest BCUT2D eigenvalue weighted by atomic mass is 16.7. The largest absolute Gasteiger partial charge is 0.508 e. The van der Waals surface area contributed by atoms with Crippen LogP contribution < -0.4 is 0 Å². The number of rotatable bonds is 2. The number of phenols is 1. The van der Waals surface area contributed by atoms with Crippen LogP contribution in [-0.4, -0.2) is 57.6 Å². The molecule has 0 amide bonds. The van der Waals surface area contributed by atoms with E-state index in [9.17, 15) is 20.1 Å². The number of phenolic OH excluding ortho intramolecular Hbond substituents is 1. The molecule has 4 rings (SSSR count). The van der Waals surface area contributed by atoms with Gasteiger partial charge in [-0.25, -0.2) is 4.79 Å². The van der Waals surface area contributed by atoms with Gasteiger partial charge < -0.3 is 29.5 Å². The van der Waals surface area contributed by atoms with Crippen molar-refractivity contribution in [2.45, 2.75) is 117 Å². The molecule has 3 aliphatic rings. The third kappa shape index (κ3) is 6.96. The number of aromatic hydroxyl groups is 1. The number of fused-ring (bicyclic) bond motifs is 3. The molecule has 3 aliphatic heterocycles. The zero-order valence-corrected chi connectivity index (χ0v) is 25.6. The molecule has 0 aliphatic carbocycles. The molecule has 0 radical (unpaired) electrons. The number of carbonyl (C=O) groups is 1. The quantitative estimate of drug-likeness (QED) is 0.286. The van der Waals surface area contributed by atoms with Gasteiger partial charge in [0.25, 0.3) is 0 Å². The average molecular weight is 569 g/mol. The van der Waals surface area contributed by atoms with E-state index in [1.807, 2.05) is 52.0 Å². The normalized spacial score (nSPS) is 39.0. The zero-order chi connectivity index (χ0) is 30.1. The fourth-order valence-electron chi connectivity index (χ4n) is 6.39. The zero-order valence-electron chi connectivity index (χ0n) is 25.6. The lowest BCUT2D eigenvalue weighted by Gasteiger charge is -2.52. The van der Waals surface area contributed by atoms with E-state index in [0.717, 1.165) is 17.6 Å². The summed E-state index contributed by atoms with van der Waals surface area (Å²) in [5.74, 6) is -1.41. The number of carbonyl (C=O) groups excluding carboxylic acids is 1. The van der Waals surface area contributed by atoms with Gasteiger partial charge in [-0.15, -0.1) is 0 Å². The summed E-state index contributed by atoms with van der Waals surface area (Å²) in [5.41, 5.74) is 3.18. The first-order valence-corrected chi connectivity index (χ1v) is 15.1. The Hall–Kier alpha value is -2.45. The Bertz CT molecular complexity index is 1200. The monoisotopic (exact) mass is 568 g/mol. The highest BCUT2D eigenvalue weighted by Crippen LogP contribution is 2.45. The summed E-state index contributed by atoms with van der Waals surface area (Å²) in [4.78, 5) is 13.7. The molecular weight excluding hydrogens is 520 g/mol. The van der Waals surface area contributed by atoms with Crippen molar-refractivity contribution in [3.8, 4) is 5.75 Å². The van der Waals surface area contributed by atoms with Gasteiger partial charge in [0.15, 0.2) is 5.79 Å². The Morgan fingerprint density at radius 3 is 2.49 bits per heavy atom. The number of ether oxygens (including phenoxy) is 3. The van der Waals surface area contributed by atoms with Gasteiger partial charge in [0, 0.05) is 31.1 Å². The second-order valence-corrected chi connectivity index (χ2v) is 12.6. The lowest BCUT2D eigenvalue weighted by molar-refractivity contribution is -0.353. The molecule has 226 valence electrons. The molecule has 1 spiro atoms. The Balaban J connectivity index is 1.76. The Morgan fingerprint density at radius 1 is 1.05 bits per heavy atom. The molecule has 2 fully saturated rings. The van der Waals surface area contributed by atoms with Crippen LogP contribution >= 0.6 is 0 Å². The van der Waals surface area contributed by atoms with Crippen LogP contribution in [0.4, 0.5) is 0 Å². The number of esters is 1. The Morgan fingerprint density at radius 2 is 1.78 bits per heavy atom. The summed E-state index contributed by atoms with van der Waals surface area (Å²) in [7, 11) is 0. The molecule has 2 bridgehead atoms. The molecular formula is C34H48O7. The number of benzene rings is 1. The molecule has 1 aromatic carbocycles. The molecule has 0 saturated carbocycles. The lowest BCUT2D eigenvalue weighted by atomic mass is 9.79. The molecule has 7 nitrogen and oxygen atoms in total. The molecule has 7 heteroatoms. The van der Waals surface area contributed by atoms with Gasteiger partial charge in [-0.2, -0.15) is 0 Å². The van der Waals surface area contributed by atoms with Crippen LogP contribution in [0.15, 0.2) is 42.0 Å². The minimum Gasteiger partial charge on any atom is -0.508 e. The molecule has 3 heterocycles. The van der Waals surface area contributed by atoms with Crippen LogP contribution in [-0.2, 0) is 14.2 Å². The molecule has 2 saturated heterocycles. The van der Waals surface area contributed by atoms with E-state index in [1.165, 1.54) is 0 Å². The minimum atomic E-state index is -1.08. The molecule has 1 aromatic rings. The van der Waals surface area contributed by atoms with Crippen LogP contribution in [0, 0.1) is 24.7 Å². The van der Waals surface area contributed by atoms with Crippen LogP contribution in [0.2, 0.25) is 0 Å². The number of hydrogen-bond donors (Lipinski definition) is 3. The van der Waals surface area contributed by atoms with Crippen molar-refractivity contribution < 1.29 is 34.3 Å². The number of allylic oxidation sites excluding steroid dienone is 3. The van der Waals surface area contributed by atoms with E-state index in [1.54, 1.807) is 19.1 Å². The third-order valence-corrected chi connectivity index (χ3v) is 9.33. The third-order valence-electron chi connectivity index (χ3n) is 9.33. The van der Waals surface area contributed by atoms with E-state index in [-0.39, 0.29) is 35.7 Å². The average Bonchev–Trinajstić information content (AvgIpc) is 2.93. The highest BCUT2D eigenvalue weighted by Gasteiger charge is 2.52. The van der Waals surface area contributed by atoms with E-state index in [0.29, 0.717) is 42.4 Å². The van der Waals surface area contributed by atoms with Crippen molar-refractivity contribution in [3.63, 3.8) is 0 Å². The summed E-state index contributed by atoms with van der Waals surface area (Å²) in [6, 6.07) is 3.27. The van der Waals surface area contributed by atoms with E-state index < -0.39 is 30.1 Å². The SMILES string of the molecule is CCC(C)[C@H]1O[C@@]2(C[C@@H]3C[C@@H](C/C=C(\C)[C@@H](O)[C@@H](C)/C=C/C=C(\C)c4cc(O)c(C)cc4C(=O)O3)O2)C[C@H](O)[C@@H]1C. The van der Waals surface area contributed by atoms with Gasteiger partial charge in [-0.05, 0) is 67.5 Å². The molecule has 1 unspecified atom stereocenters. The van der Waals surface area contributed by atoms with E-state index in [2.05, 4.69) is 13.8 Å². The minimum absolute atomic E-state index is 0.0461. The summed E-state index contributed by atoms with van der Waals surface area (Å²) in [6.07, 6.45) is 7.88. The summed E-state index contributed by atoms with van der Waals surface area (Å²) in [5, 5.41) is 32.6. The summed E-state index contributed by atoms with van der Waals surface area (Å²) in [6.45, 7) is 13.8. The molecule has 9 atom stereocenters. The predicted octanol–water partition coefficient (Wildman–Crippen LogP) is 6.24. The van der Waals surface area contributed by atoms with Crippen molar-refractivity contribution in [3.05, 3.63) is 58.7 Å². The van der Waals surface area contributed by atoms with E-state index >= 15 is 0 Å². The topological polar surface area (TPSA) is 105 Å².